The highest BCUT2D eigenvalue weighted by molar-refractivity contribution is 5.02. The van der Waals surface area contributed by atoms with E-state index in [-0.39, 0.29) is 17.6 Å². The first kappa shape index (κ1) is 13.5. The highest BCUT2D eigenvalue weighted by Crippen LogP contribution is 2.25. The van der Waals surface area contributed by atoms with Crippen molar-refractivity contribution >= 4 is 0 Å². The summed E-state index contributed by atoms with van der Waals surface area (Å²) in [7, 11) is 0. The number of piperidine rings is 1. The van der Waals surface area contributed by atoms with Gasteiger partial charge in [-0.05, 0) is 19.8 Å². The number of rotatable bonds is 2. The van der Waals surface area contributed by atoms with Crippen LogP contribution in [0.25, 0.3) is 0 Å². The lowest BCUT2D eigenvalue weighted by molar-refractivity contribution is 0.0564. The molecule has 1 aliphatic heterocycles. The van der Waals surface area contributed by atoms with Crippen molar-refractivity contribution in [3.05, 3.63) is 11.7 Å². The normalized spacial score (nSPS) is 21.2. The first-order chi connectivity index (χ1) is 8.38. The third-order valence-electron chi connectivity index (χ3n) is 3.52. The van der Waals surface area contributed by atoms with E-state index in [1.54, 1.807) is 0 Å². The minimum atomic E-state index is -0.152. The van der Waals surface area contributed by atoms with Gasteiger partial charge in [0.25, 0.3) is 0 Å². The molecule has 0 aromatic carbocycles. The largest absolute Gasteiger partial charge is 0.393 e. The molecular weight excluding hydrogens is 230 g/mol. The molecule has 0 spiro atoms. The molecule has 18 heavy (non-hydrogen) atoms. The Kier molecular flexibility index (Phi) is 3.73. The van der Waals surface area contributed by atoms with Gasteiger partial charge in [0.1, 0.15) is 0 Å². The smallest absolute Gasteiger partial charge is 0.243 e. The van der Waals surface area contributed by atoms with Gasteiger partial charge in [0, 0.05) is 18.5 Å². The third kappa shape index (κ3) is 2.90. The molecule has 1 aliphatic rings. The lowest BCUT2D eigenvalue weighted by Crippen LogP contribution is -2.37. The quantitative estimate of drug-likeness (QED) is 0.872. The molecule has 0 saturated carbocycles. The Hall–Kier alpha value is -0.940. The van der Waals surface area contributed by atoms with E-state index < -0.39 is 0 Å². The van der Waals surface area contributed by atoms with Crippen LogP contribution in [0.1, 0.15) is 58.3 Å². The highest BCUT2D eigenvalue weighted by Gasteiger charge is 2.28. The summed E-state index contributed by atoms with van der Waals surface area (Å²) in [5, 5.41) is 13.6. The van der Waals surface area contributed by atoms with Crippen molar-refractivity contribution < 1.29 is 9.63 Å². The minimum Gasteiger partial charge on any atom is -0.393 e. The van der Waals surface area contributed by atoms with E-state index in [0.29, 0.717) is 5.89 Å². The van der Waals surface area contributed by atoms with E-state index in [1.165, 1.54) is 0 Å². The molecule has 0 aliphatic carbocycles. The molecule has 1 atom stereocenters. The minimum absolute atomic E-state index is 0.0838. The molecule has 1 aromatic heterocycles. The molecule has 0 amide bonds. The van der Waals surface area contributed by atoms with Crippen LogP contribution in [0, 0.1) is 0 Å². The Morgan fingerprint density at radius 1 is 1.33 bits per heavy atom. The number of aromatic nitrogens is 2. The summed E-state index contributed by atoms with van der Waals surface area (Å²) >= 11 is 0. The van der Waals surface area contributed by atoms with E-state index >= 15 is 0 Å². The SMILES string of the molecule is C[C@H](c1nc(C(C)(C)C)no1)N1CCC(O)CC1. The van der Waals surface area contributed by atoms with Crippen molar-refractivity contribution in [2.24, 2.45) is 0 Å². The van der Waals surface area contributed by atoms with Crippen LogP contribution in [-0.2, 0) is 5.41 Å². The lowest BCUT2D eigenvalue weighted by atomic mass is 9.96. The summed E-state index contributed by atoms with van der Waals surface area (Å²) in [6.45, 7) is 10.1. The Balaban J connectivity index is 2.05. The summed E-state index contributed by atoms with van der Waals surface area (Å²) < 4.78 is 5.37. The van der Waals surface area contributed by atoms with Crippen molar-refractivity contribution in [1.29, 1.82) is 0 Å². The van der Waals surface area contributed by atoms with Gasteiger partial charge in [0.2, 0.25) is 5.89 Å². The fraction of sp³-hybridized carbons (Fsp3) is 0.846. The number of likely N-dealkylation sites (tertiary alicyclic amines) is 1. The van der Waals surface area contributed by atoms with Gasteiger partial charge in [-0.25, -0.2) is 0 Å². The monoisotopic (exact) mass is 253 g/mol. The predicted molar refractivity (Wildman–Crippen MR) is 68.2 cm³/mol. The van der Waals surface area contributed by atoms with E-state index in [1.807, 2.05) is 0 Å². The second-order valence-corrected chi connectivity index (χ2v) is 6.15. The van der Waals surface area contributed by atoms with Gasteiger partial charge < -0.3 is 9.63 Å². The number of aliphatic hydroxyl groups is 1. The van der Waals surface area contributed by atoms with Crippen LogP contribution < -0.4 is 0 Å². The number of aliphatic hydroxyl groups excluding tert-OH is 1. The average molecular weight is 253 g/mol. The second kappa shape index (κ2) is 4.97. The van der Waals surface area contributed by atoms with Crippen molar-refractivity contribution in [3.8, 4) is 0 Å². The zero-order chi connectivity index (χ0) is 13.3. The van der Waals surface area contributed by atoms with Gasteiger partial charge in [-0.15, -0.1) is 0 Å². The molecule has 5 heteroatoms. The number of hydrogen-bond acceptors (Lipinski definition) is 5. The van der Waals surface area contributed by atoms with Gasteiger partial charge in [-0.1, -0.05) is 25.9 Å². The topological polar surface area (TPSA) is 62.4 Å². The lowest BCUT2D eigenvalue weighted by Gasteiger charge is -2.32. The van der Waals surface area contributed by atoms with Crippen molar-refractivity contribution in [1.82, 2.24) is 15.0 Å². The maximum atomic E-state index is 9.51. The summed E-state index contributed by atoms with van der Waals surface area (Å²) in [5.74, 6) is 1.43. The van der Waals surface area contributed by atoms with Gasteiger partial charge in [0.05, 0.1) is 12.1 Å². The first-order valence-corrected chi connectivity index (χ1v) is 6.64. The predicted octanol–water partition coefficient (Wildman–Crippen LogP) is 1.88. The Morgan fingerprint density at radius 2 is 1.94 bits per heavy atom. The van der Waals surface area contributed by atoms with E-state index in [2.05, 4.69) is 42.7 Å². The third-order valence-corrected chi connectivity index (χ3v) is 3.52. The first-order valence-electron chi connectivity index (χ1n) is 6.64. The molecule has 102 valence electrons. The summed E-state index contributed by atoms with van der Waals surface area (Å²) in [5.41, 5.74) is -0.0838. The van der Waals surface area contributed by atoms with Crippen LogP contribution in [0.3, 0.4) is 0 Å². The fourth-order valence-electron chi connectivity index (χ4n) is 2.14. The van der Waals surface area contributed by atoms with E-state index in [0.717, 1.165) is 31.8 Å². The van der Waals surface area contributed by atoms with Crippen LogP contribution in [0.4, 0.5) is 0 Å². The molecule has 2 rings (SSSR count). The van der Waals surface area contributed by atoms with Crippen molar-refractivity contribution in [3.63, 3.8) is 0 Å². The van der Waals surface area contributed by atoms with Crippen LogP contribution in [-0.4, -0.2) is 39.3 Å². The molecule has 5 nitrogen and oxygen atoms in total. The standard InChI is InChI=1S/C13H23N3O2/c1-9(16-7-5-10(17)6-8-16)11-14-12(15-18-11)13(2,3)4/h9-10,17H,5-8H2,1-4H3/t9-/m1/s1. The zero-order valence-electron chi connectivity index (χ0n) is 11.7. The fourth-order valence-corrected chi connectivity index (χ4v) is 2.14. The Labute approximate surface area is 108 Å². The van der Waals surface area contributed by atoms with Crippen LogP contribution >= 0.6 is 0 Å². The molecule has 0 unspecified atom stereocenters. The number of nitrogens with zero attached hydrogens (tertiary/aromatic N) is 3. The Morgan fingerprint density at radius 3 is 2.44 bits per heavy atom. The van der Waals surface area contributed by atoms with Crippen LogP contribution in [0.15, 0.2) is 4.52 Å². The maximum Gasteiger partial charge on any atom is 0.243 e. The van der Waals surface area contributed by atoms with Crippen molar-refractivity contribution in [2.75, 3.05) is 13.1 Å². The highest BCUT2D eigenvalue weighted by atomic mass is 16.5. The molecular formula is C13H23N3O2. The number of hydrogen-bond donors (Lipinski definition) is 1. The van der Waals surface area contributed by atoms with E-state index in [9.17, 15) is 5.11 Å². The van der Waals surface area contributed by atoms with Crippen LogP contribution in [0.2, 0.25) is 0 Å². The average Bonchev–Trinajstić information content (AvgIpc) is 2.78. The molecule has 2 heterocycles. The zero-order valence-corrected chi connectivity index (χ0v) is 11.7. The van der Waals surface area contributed by atoms with Crippen molar-refractivity contribution in [2.45, 2.75) is 58.1 Å². The van der Waals surface area contributed by atoms with Gasteiger partial charge in [-0.3, -0.25) is 4.90 Å². The van der Waals surface area contributed by atoms with Gasteiger partial charge in [0.15, 0.2) is 5.82 Å². The van der Waals surface area contributed by atoms with Gasteiger partial charge in [-0.2, -0.15) is 4.98 Å². The molecule has 1 saturated heterocycles. The summed E-state index contributed by atoms with van der Waals surface area (Å²) in [6, 6.07) is 0.126. The summed E-state index contributed by atoms with van der Waals surface area (Å²) in [4.78, 5) is 6.78. The molecule has 1 fully saturated rings. The Bertz CT molecular complexity index is 389. The molecule has 0 radical (unpaired) electrons. The second-order valence-electron chi connectivity index (χ2n) is 6.15. The molecule has 1 aromatic rings. The van der Waals surface area contributed by atoms with Crippen LogP contribution in [0.5, 0.6) is 0 Å². The van der Waals surface area contributed by atoms with Gasteiger partial charge >= 0.3 is 0 Å². The molecule has 0 bridgehead atoms. The summed E-state index contributed by atoms with van der Waals surface area (Å²) in [6.07, 6.45) is 1.50. The van der Waals surface area contributed by atoms with E-state index in [4.69, 9.17) is 4.52 Å². The maximum absolute atomic E-state index is 9.51. The molecule has 1 N–H and O–H groups in total.